The second-order valence-electron chi connectivity index (χ2n) is 5.61. The van der Waals surface area contributed by atoms with E-state index in [1.165, 1.54) is 11.3 Å². The van der Waals surface area contributed by atoms with Gasteiger partial charge in [-0.3, -0.25) is 9.59 Å². The normalized spacial score (nSPS) is 20.3. The van der Waals surface area contributed by atoms with Crippen molar-refractivity contribution in [2.45, 2.75) is 24.8 Å². The first-order valence-electron chi connectivity index (χ1n) is 7.43. The van der Waals surface area contributed by atoms with Gasteiger partial charge in [0.05, 0.1) is 6.07 Å². The summed E-state index contributed by atoms with van der Waals surface area (Å²) in [6.45, 7) is 0. The van der Waals surface area contributed by atoms with Gasteiger partial charge in [-0.2, -0.15) is 17.0 Å². The van der Waals surface area contributed by atoms with Crippen LogP contribution in [0.1, 0.15) is 29.6 Å². The molecular formula is C17H16N2O2S2. The standard InChI is InChI=1S/C17H16N2O2S2/c18-10-17(7-8-22-11-17)19-16(21)6-5-14(20)13-9-23-15-4-2-1-3-12(13)15/h1-4,9H,5-8,11H2,(H,19,21)/t17-/m1/s1. The highest BCUT2D eigenvalue weighted by Gasteiger charge is 2.35. The molecule has 23 heavy (non-hydrogen) atoms. The van der Waals surface area contributed by atoms with E-state index in [1.54, 1.807) is 11.8 Å². The number of fused-ring (bicyclic) bond motifs is 1. The highest BCUT2D eigenvalue weighted by molar-refractivity contribution is 7.99. The van der Waals surface area contributed by atoms with Crippen molar-refractivity contribution in [2.75, 3.05) is 11.5 Å². The minimum absolute atomic E-state index is 0.0237. The summed E-state index contributed by atoms with van der Waals surface area (Å²) >= 11 is 3.21. The molecule has 2 aromatic rings. The van der Waals surface area contributed by atoms with Gasteiger partial charge in [0.25, 0.3) is 0 Å². The van der Waals surface area contributed by atoms with Crippen LogP contribution >= 0.6 is 23.1 Å². The maximum atomic E-state index is 12.4. The van der Waals surface area contributed by atoms with Gasteiger partial charge in [-0.1, -0.05) is 18.2 Å². The van der Waals surface area contributed by atoms with E-state index in [1.807, 2.05) is 29.6 Å². The summed E-state index contributed by atoms with van der Waals surface area (Å²) < 4.78 is 1.08. The molecular weight excluding hydrogens is 328 g/mol. The van der Waals surface area contributed by atoms with E-state index in [4.69, 9.17) is 0 Å². The fourth-order valence-electron chi connectivity index (χ4n) is 2.66. The number of Topliss-reactive ketones (excluding diaryl/α,β-unsaturated/α-hetero) is 1. The zero-order valence-electron chi connectivity index (χ0n) is 12.5. The van der Waals surface area contributed by atoms with Crippen molar-refractivity contribution in [3.8, 4) is 6.07 Å². The molecule has 0 spiro atoms. The smallest absolute Gasteiger partial charge is 0.221 e. The first kappa shape index (κ1) is 16.0. The Morgan fingerprint density at radius 3 is 2.87 bits per heavy atom. The molecule has 118 valence electrons. The van der Waals surface area contributed by atoms with E-state index in [0.29, 0.717) is 17.7 Å². The topological polar surface area (TPSA) is 70.0 Å². The second kappa shape index (κ2) is 6.73. The van der Waals surface area contributed by atoms with Gasteiger partial charge in [-0.05, 0) is 18.2 Å². The molecule has 1 fully saturated rings. The number of ketones is 1. The Kier molecular flexibility index (Phi) is 4.69. The molecule has 4 nitrogen and oxygen atoms in total. The number of nitrogens with zero attached hydrogens (tertiary/aromatic N) is 1. The van der Waals surface area contributed by atoms with Crippen molar-refractivity contribution in [1.29, 1.82) is 5.26 Å². The van der Waals surface area contributed by atoms with Crippen LogP contribution in [0.15, 0.2) is 29.6 Å². The number of hydrogen-bond donors (Lipinski definition) is 1. The molecule has 0 aliphatic carbocycles. The third-order valence-electron chi connectivity index (χ3n) is 3.97. The minimum Gasteiger partial charge on any atom is -0.337 e. The average Bonchev–Trinajstić information content (AvgIpc) is 3.20. The Bertz CT molecular complexity index is 785. The number of thioether (sulfide) groups is 1. The lowest BCUT2D eigenvalue weighted by Gasteiger charge is -2.20. The molecule has 1 amide bonds. The van der Waals surface area contributed by atoms with Crippen molar-refractivity contribution < 1.29 is 9.59 Å². The Hall–Kier alpha value is -1.84. The molecule has 1 aromatic heterocycles. The Labute approximate surface area is 142 Å². The number of carbonyl (C=O) groups is 2. The first-order chi connectivity index (χ1) is 11.1. The van der Waals surface area contributed by atoms with Gasteiger partial charge in [0, 0.05) is 39.6 Å². The third kappa shape index (κ3) is 3.41. The van der Waals surface area contributed by atoms with Crippen LogP contribution in [0.25, 0.3) is 10.1 Å². The fourth-order valence-corrected chi connectivity index (χ4v) is 4.90. The maximum absolute atomic E-state index is 12.4. The molecule has 1 atom stereocenters. The Morgan fingerprint density at radius 2 is 2.13 bits per heavy atom. The highest BCUT2D eigenvalue weighted by atomic mass is 32.2. The molecule has 0 bridgehead atoms. The molecule has 3 rings (SSSR count). The predicted octanol–water partition coefficient (Wildman–Crippen LogP) is 3.38. The van der Waals surface area contributed by atoms with Gasteiger partial charge in [0.1, 0.15) is 5.54 Å². The SMILES string of the molecule is N#C[C@]1(NC(=O)CCC(=O)c2csc3ccccc23)CCSC1. The molecule has 1 aromatic carbocycles. The average molecular weight is 344 g/mol. The molecule has 0 unspecified atom stereocenters. The van der Waals surface area contributed by atoms with E-state index >= 15 is 0 Å². The molecule has 1 aliphatic rings. The molecule has 0 radical (unpaired) electrons. The predicted molar refractivity (Wildman–Crippen MR) is 93.8 cm³/mol. The van der Waals surface area contributed by atoms with Gasteiger partial charge in [-0.15, -0.1) is 11.3 Å². The zero-order chi connectivity index (χ0) is 16.3. The Morgan fingerprint density at radius 1 is 1.30 bits per heavy atom. The van der Waals surface area contributed by atoms with Crippen LogP contribution in [0.3, 0.4) is 0 Å². The summed E-state index contributed by atoms with van der Waals surface area (Å²) in [7, 11) is 0. The van der Waals surface area contributed by atoms with Crippen molar-refractivity contribution >= 4 is 44.9 Å². The summed E-state index contributed by atoms with van der Waals surface area (Å²) in [6.07, 6.45) is 0.960. The molecule has 0 saturated carbocycles. The zero-order valence-corrected chi connectivity index (χ0v) is 14.1. The Balaban J connectivity index is 1.61. The highest BCUT2D eigenvalue weighted by Crippen LogP contribution is 2.28. The van der Waals surface area contributed by atoms with Gasteiger partial charge in [0.2, 0.25) is 5.91 Å². The summed E-state index contributed by atoms with van der Waals surface area (Å²) in [6, 6.07) is 9.98. The van der Waals surface area contributed by atoms with Crippen molar-refractivity contribution in [3.05, 3.63) is 35.2 Å². The largest absolute Gasteiger partial charge is 0.337 e. The van der Waals surface area contributed by atoms with E-state index in [0.717, 1.165) is 15.8 Å². The summed E-state index contributed by atoms with van der Waals surface area (Å²) in [5.41, 5.74) is -0.0651. The number of nitrogens with one attached hydrogen (secondary N) is 1. The summed E-state index contributed by atoms with van der Waals surface area (Å²) in [5, 5.41) is 14.9. The summed E-state index contributed by atoms with van der Waals surface area (Å²) in [5.74, 6) is 1.26. The van der Waals surface area contributed by atoms with Gasteiger partial charge in [0.15, 0.2) is 5.78 Å². The van der Waals surface area contributed by atoms with Gasteiger partial charge in [-0.25, -0.2) is 0 Å². The number of hydrogen-bond acceptors (Lipinski definition) is 5. The third-order valence-corrected chi connectivity index (χ3v) is 6.13. The number of rotatable bonds is 5. The fraction of sp³-hybridized carbons (Fsp3) is 0.353. The van der Waals surface area contributed by atoms with Crippen LogP contribution in [0, 0.1) is 11.3 Å². The number of amides is 1. The van der Waals surface area contributed by atoms with E-state index in [9.17, 15) is 14.9 Å². The lowest BCUT2D eigenvalue weighted by Crippen LogP contribution is -2.47. The number of nitriles is 1. The first-order valence-corrected chi connectivity index (χ1v) is 9.46. The van der Waals surface area contributed by atoms with Gasteiger partial charge >= 0.3 is 0 Å². The summed E-state index contributed by atoms with van der Waals surface area (Å²) in [4.78, 5) is 24.4. The maximum Gasteiger partial charge on any atom is 0.221 e. The van der Waals surface area contributed by atoms with Crippen LogP contribution in [0.4, 0.5) is 0 Å². The van der Waals surface area contributed by atoms with Crippen LogP contribution in [0.5, 0.6) is 0 Å². The monoisotopic (exact) mass is 344 g/mol. The number of carbonyl (C=O) groups excluding carboxylic acids is 2. The van der Waals surface area contributed by atoms with E-state index < -0.39 is 5.54 Å². The van der Waals surface area contributed by atoms with E-state index in [2.05, 4.69) is 11.4 Å². The van der Waals surface area contributed by atoms with Crippen LogP contribution in [0.2, 0.25) is 0 Å². The van der Waals surface area contributed by atoms with Crippen molar-refractivity contribution in [2.24, 2.45) is 0 Å². The lowest BCUT2D eigenvalue weighted by molar-refractivity contribution is -0.122. The second-order valence-corrected chi connectivity index (χ2v) is 7.63. The minimum atomic E-state index is -0.750. The number of benzene rings is 1. The lowest BCUT2D eigenvalue weighted by atomic mass is 10.00. The van der Waals surface area contributed by atoms with Crippen LogP contribution in [-0.2, 0) is 4.79 Å². The van der Waals surface area contributed by atoms with Crippen LogP contribution < -0.4 is 5.32 Å². The molecule has 1 saturated heterocycles. The quantitative estimate of drug-likeness (QED) is 0.844. The number of thiophene rings is 1. The van der Waals surface area contributed by atoms with Gasteiger partial charge < -0.3 is 5.32 Å². The van der Waals surface area contributed by atoms with Crippen molar-refractivity contribution in [1.82, 2.24) is 5.32 Å². The van der Waals surface area contributed by atoms with E-state index in [-0.39, 0.29) is 24.5 Å². The van der Waals surface area contributed by atoms with Crippen molar-refractivity contribution in [3.63, 3.8) is 0 Å². The molecule has 2 heterocycles. The molecule has 1 N–H and O–H groups in total. The van der Waals surface area contributed by atoms with Crippen LogP contribution in [-0.4, -0.2) is 28.7 Å². The molecule has 1 aliphatic heterocycles. The molecule has 6 heteroatoms.